The molecule has 0 unspecified atom stereocenters. The summed E-state index contributed by atoms with van der Waals surface area (Å²) in [6, 6.07) is 8.40. The molecule has 0 aliphatic heterocycles. The number of fused-ring (bicyclic) bond motifs is 1. The molecule has 0 atom stereocenters. The van der Waals surface area contributed by atoms with Crippen LogP contribution in [0.15, 0.2) is 41.4 Å². The highest BCUT2D eigenvalue weighted by atomic mass is 35.5. The molecule has 0 bridgehead atoms. The third-order valence-electron chi connectivity index (χ3n) is 3.61. The molecule has 5 nitrogen and oxygen atoms in total. The number of ether oxygens (including phenoxy) is 1. The third-order valence-corrected chi connectivity index (χ3v) is 5.45. The van der Waals surface area contributed by atoms with Crippen molar-refractivity contribution in [1.29, 1.82) is 0 Å². The predicted octanol–water partition coefficient (Wildman–Crippen LogP) is 4.45. The van der Waals surface area contributed by atoms with Gasteiger partial charge in [-0.3, -0.25) is 9.59 Å². The molecule has 9 heteroatoms. The number of carbonyl (C=O) groups excluding carboxylic acids is 2. The molecular weight excluding hydrogens is 414 g/mol. The smallest absolute Gasteiger partial charge is 0.326 e. The highest BCUT2D eigenvalue weighted by Crippen LogP contribution is 2.32. The molecule has 1 heterocycles. The molecule has 0 saturated heterocycles. The van der Waals surface area contributed by atoms with E-state index in [-0.39, 0.29) is 28.5 Å². The van der Waals surface area contributed by atoms with Gasteiger partial charge in [-0.2, -0.15) is 4.99 Å². The fourth-order valence-electron chi connectivity index (χ4n) is 2.41. The molecule has 140 valence electrons. The number of esters is 1. The van der Waals surface area contributed by atoms with Crippen LogP contribution < -0.4 is 4.80 Å². The molecule has 1 amide bonds. The summed E-state index contributed by atoms with van der Waals surface area (Å²) in [6.07, 6.45) is 0. The van der Waals surface area contributed by atoms with Crippen LogP contribution >= 0.6 is 34.5 Å². The molecule has 1 aromatic heterocycles. The molecule has 3 aromatic rings. The number of hydrogen-bond acceptors (Lipinski definition) is 4. The first-order chi connectivity index (χ1) is 12.9. The molecule has 0 aliphatic rings. The highest BCUT2D eigenvalue weighted by Gasteiger charge is 2.16. The van der Waals surface area contributed by atoms with E-state index in [1.54, 1.807) is 19.1 Å². The zero-order chi connectivity index (χ0) is 19.6. The fraction of sp³-hybridized carbons (Fsp3) is 0.167. The van der Waals surface area contributed by atoms with Crippen molar-refractivity contribution in [2.75, 3.05) is 6.61 Å². The molecular formula is C18H13Cl2FN2O3S. The minimum absolute atomic E-state index is 0.177. The largest absolute Gasteiger partial charge is 0.465 e. The number of rotatable bonds is 4. The second-order valence-corrected chi connectivity index (χ2v) is 7.20. The van der Waals surface area contributed by atoms with Crippen molar-refractivity contribution in [3.63, 3.8) is 0 Å². The van der Waals surface area contributed by atoms with Crippen molar-refractivity contribution in [2.45, 2.75) is 13.5 Å². The van der Waals surface area contributed by atoms with Gasteiger partial charge in [0.05, 0.1) is 26.9 Å². The van der Waals surface area contributed by atoms with Crippen LogP contribution in [0.25, 0.3) is 10.2 Å². The summed E-state index contributed by atoms with van der Waals surface area (Å²) >= 11 is 13.6. The molecule has 2 aromatic carbocycles. The van der Waals surface area contributed by atoms with Crippen LogP contribution in [0.1, 0.15) is 17.3 Å². The Morgan fingerprint density at radius 1 is 1.19 bits per heavy atom. The van der Waals surface area contributed by atoms with Gasteiger partial charge in [0.2, 0.25) is 0 Å². The van der Waals surface area contributed by atoms with Crippen LogP contribution in [0, 0.1) is 5.82 Å². The Kier molecular flexibility index (Phi) is 5.94. The highest BCUT2D eigenvalue weighted by molar-refractivity contribution is 7.16. The topological polar surface area (TPSA) is 60.7 Å². The number of aromatic nitrogens is 1. The van der Waals surface area contributed by atoms with Gasteiger partial charge in [-0.1, -0.05) is 34.5 Å². The summed E-state index contributed by atoms with van der Waals surface area (Å²) in [5.41, 5.74) is 0.716. The van der Waals surface area contributed by atoms with Gasteiger partial charge < -0.3 is 9.30 Å². The molecule has 0 N–H and O–H groups in total. The second-order valence-electron chi connectivity index (χ2n) is 5.41. The van der Waals surface area contributed by atoms with E-state index in [2.05, 4.69) is 4.99 Å². The Hall–Kier alpha value is -2.22. The van der Waals surface area contributed by atoms with E-state index < -0.39 is 17.7 Å². The van der Waals surface area contributed by atoms with E-state index in [1.807, 2.05) is 0 Å². The number of carbonyl (C=O) groups is 2. The number of nitrogens with zero attached hydrogens (tertiary/aromatic N) is 2. The monoisotopic (exact) mass is 426 g/mol. The zero-order valence-corrected chi connectivity index (χ0v) is 16.4. The lowest BCUT2D eigenvalue weighted by molar-refractivity contribution is -0.143. The van der Waals surface area contributed by atoms with Gasteiger partial charge in [0.25, 0.3) is 5.91 Å². The van der Waals surface area contributed by atoms with Crippen molar-refractivity contribution in [1.82, 2.24) is 4.57 Å². The van der Waals surface area contributed by atoms with Crippen LogP contribution in [0.2, 0.25) is 10.0 Å². The Balaban J connectivity index is 2.16. The van der Waals surface area contributed by atoms with Crippen molar-refractivity contribution < 1.29 is 18.7 Å². The van der Waals surface area contributed by atoms with E-state index in [4.69, 9.17) is 27.9 Å². The molecule has 0 radical (unpaired) electrons. The van der Waals surface area contributed by atoms with E-state index in [0.29, 0.717) is 15.2 Å². The Morgan fingerprint density at radius 3 is 2.56 bits per heavy atom. The molecule has 0 saturated carbocycles. The molecule has 0 spiro atoms. The Morgan fingerprint density at radius 2 is 1.89 bits per heavy atom. The summed E-state index contributed by atoms with van der Waals surface area (Å²) in [5.74, 6) is -1.52. The maximum atomic E-state index is 13.1. The Bertz CT molecular complexity index is 1090. The molecule has 0 fully saturated rings. The minimum atomic E-state index is -0.568. The fourth-order valence-corrected chi connectivity index (χ4v) is 3.93. The summed E-state index contributed by atoms with van der Waals surface area (Å²) in [7, 11) is 0. The number of thiazole rings is 1. The van der Waals surface area contributed by atoms with Crippen molar-refractivity contribution in [3.05, 3.63) is 62.6 Å². The van der Waals surface area contributed by atoms with Crippen LogP contribution in [0.5, 0.6) is 0 Å². The lowest BCUT2D eigenvalue weighted by atomic mass is 10.2. The van der Waals surface area contributed by atoms with Gasteiger partial charge in [-0.25, -0.2) is 4.39 Å². The average molecular weight is 427 g/mol. The van der Waals surface area contributed by atoms with E-state index >= 15 is 0 Å². The summed E-state index contributed by atoms with van der Waals surface area (Å²) in [4.78, 5) is 28.8. The normalized spacial score (nSPS) is 11.8. The van der Waals surface area contributed by atoms with E-state index in [9.17, 15) is 14.0 Å². The van der Waals surface area contributed by atoms with Gasteiger partial charge >= 0.3 is 5.97 Å². The first kappa shape index (κ1) is 19.5. The Labute approximate surface area is 167 Å². The lowest BCUT2D eigenvalue weighted by Crippen LogP contribution is -2.23. The maximum absolute atomic E-state index is 13.1. The summed E-state index contributed by atoms with van der Waals surface area (Å²) in [6.45, 7) is 1.74. The number of halogens is 3. The summed E-state index contributed by atoms with van der Waals surface area (Å²) < 4.78 is 20.3. The van der Waals surface area contributed by atoms with Gasteiger partial charge in [0, 0.05) is 5.56 Å². The van der Waals surface area contributed by atoms with E-state index in [0.717, 1.165) is 0 Å². The zero-order valence-electron chi connectivity index (χ0n) is 14.0. The van der Waals surface area contributed by atoms with Crippen LogP contribution in [0.4, 0.5) is 4.39 Å². The van der Waals surface area contributed by atoms with Crippen LogP contribution in [0.3, 0.4) is 0 Å². The maximum Gasteiger partial charge on any atom is 0.326 e. The van der Waals surface area contributed by atoms with Gasteiger partial charge in [0.15, 0.2) is 4.80 Å². The first-order valence-electron chi connectivity index (χ1n) is 7.88. The van der Waals surface area contributed by atoms with Gasteiger partial charge in [-0.15, -0.1) is 0 Å². The van der Waals surface area contributed by atoms with Gasteiger partial charge in [-0.05, 0) is 43.3 Å². The standard InChI is InChI=1S/C18H13Cl2FN2O3S/c1-2-26-14(24)9-23-16-13(8-7-12(19)15(16)20)27-18(23)22-17(25)10-3-5-11(21)6-4-10/h3-8H,2,9H2,1H3. The SMILES string of the molecule is CCOC(=O)Cn1c(=NC(=O)c2ccc(F)cc2)sc2ccc(Cl)c(Cl)c21. The van der Waals surface area contributed by atoms with Crippen molar-refractivity contribution in [2.24, 2.45) is 4.99 Å². The van der Waals surface area contributed by atoms with Gasteiger partial charge in [0.1, 0.15) is 12.4 Å². The lowest BCUT2D eigenvalue weighted by Gasteiger charge is -2.07. The third kappa shape index (κ3) is 4.21. The second kappa shape index (κ2) is 8.21. The van der Waals surface area contributed by atoms with Crippen LogP contribution in [-0.4, -0.2) is 23.1 Å². The average Bonchev–Trinajstić information content (AvgIpc) is 2.97. The quantitative estimate of drug-likeness (QED) is 0.578. The molecule has 3 rings (SSSR count). The number of amides is 1. The van der Waals surface area contributed by atoms with E-state index in [1.165, 1.54) is 40.2 Å². The summed E-state index contributed by atoms with van der Waals surface area (Å²) in [5, 5.41) is 0.571. The number of benzene rings is 2. The first-order valence-corrected chi connectivity index (χ1v) is 9.45. The van der Waals surface area contributed by atoms with Crippen LogP contribution in [-0.2, 0) is 16.1 Å². The van der Waals surface area contributed by atoms with Crippen molar-refractivity contribution >= 4 is 56.6 Å². The predicted molar refractivity (Wildman–Crippen MR) is 103 cm³/mol. The van der Waals surface area contributed by atoms with Crippen molar-refractivity contribution in [3.8, 4) is 0 Å². The minimum Gasteiger partial charge on any atom is -0.465 e. The number of hydrogen-bond donors (Lipinski definition) is 0. The molecule has 27 heavy (non-hydrogen) atoms. The molecule has 0 aliphatic carbocycles.